The molecule has 0 saturated carbocycles. The Bertz CT molecular complexity index is 360. The van der Waals surface area contributed by atoms with Crippen molar-refractivity contribution in [1.82, 2.24) is 0 Å². The molecule has 15 heavy (non-hydrogen) atoms. The van der Waals surface area contributed by atoms with E-state index in [1.807, 2.05) is 31.2 Å². The minimum absolute atomic E-state index is 0.153. The number of benzene rings is 1. The lowest BCUT2D eigenvalue weighted by molar-refractivity contribution is -0.149. The monoisotopic (exact) mass is 206 g/mol. The van der Waals surface area contributed by atoms with Crippen LogP contribution in [0.3, 0.4) is 0 Å². The molecule has 0 saturated heterocycles. The van der Waals surface area contributed by atoms with Crippen LogP contribution in [0.25, 0.3) is 0 Å². The maximum Gasteiger partial charge on any atom is 0.312 e. The highest BCUT2D eigenvalue weighted by atomic mass is 16.5. The third-order valence-corrected chi connectivity index (χ3v) is 2.50. The minimum atomic E-state index is -0.160. The Kier molecular flexibility index (Phi) is 2.90. The van der Waals surface area contributed by atoms with Crippen LogP contribution in [0.15, 0.2) is 24.3 Å². The van der Waals surface area contributed by atoms with Crippen molar-refractivity contribution in [3.63, 3.8) is 0 Å². The van der Waals surface area contributed by atoms with E-state index in [1.165, 1.54) is 0 Å². The normalized spacial score (nSPS) is 18.9. The van der Waals surface area contributed by atoms with Gasteiger partial charge in [0.2, 0.25) is 0 Å². The van der Waals surface area contributed by atoms with Gasteiger partial charge in [0.25, 0.3) is 0 Å². The van der Waals surface area contributed by atoms with E-state index in [0.29, 0.717) is 13.2 Å². The molecule has 0 fully saturated rings. The first kappa shape index (κ1) is 10.0. The zero-order valence-corrected chi connectivity index (χ0v) is 8.73. The number of para-hydroxylation sites is 1. The van der Waals surface area contributed by atoms with Gasteiger partial charge in [0.1, 0.15) is 12.4 Å². The van der Waals surface area contributed by atoms with Crippen molar-refractivity contribution < 1.29 is 14.3 Å². The van der Waals surface area contributed by atoms with Crippen LogP contribution in [0.1, 0.15) is 12.5 Å². The van der Waals surface area contributed by atoms with Gasteiger partial charge in [-0.15, -0.1) is 0 Å². The summed E-state index contributed by atoms with van der Waals surface area (Å²) in [4.78, 5) is 11.5. The van der Waals surface area contributed by atoms with E-state index in [0.717, 1.165) is 17.7 Å². The number of hydrogen-bond acceptors (Lipinski definition) is 3. The molecular formula is C12H14O3. The molecular weight excluding hydrogens is 192 g/mol. The number of fused-ring (bicyclic) bond motifs is 1. The van der Waals surface area contributed by atoms with Gasteiger partial charge in [0, 0.05) is 0 Å². The second-order valence-corrected chi connectivity index (χ2v) is 3.57. The number of ether oxygens (including phenoxy) is 2. The van der Waals surface area contributed by atoms with Crippen molar-refractivity contribution in [3.05, 3.63) is 29.8 Å². The Morgan fingerprint density at radius 2 is 2.33 bits per heavy atom. The van der Waals surface area contributed by atoms with Crippen molar-refractivity contribution in [3.8, 4) is 5.75 Å². The number of esters is 1. The molecule has 1 aliphatic heterocycles. The first-order valence-corrected chi connectivity index (χ1v) is 5.18. The molecule has 0 spiro atoms. The summed E-state index contributed by atoms with van der Waals surface area (Å²) in [6, 6.07) is 7.80. The molecule has 0 unspecified atom stereocenters. The van der Waals surface area contributed by atoms with E-state index in [1.54, 1.807) is 0 Å². The molecule has 0 radical (unpaired) electrons. The maximum absolute atomic E-state index is 11.5. The van der Waals surface area contributed by atoms with Crippen molar-refractivity contribution >= 4 is 5.97 Å². The predicted molar refractivity (Wildman–Crippen MR) is 55.8 cm³/mol. The Balaban J connectivity index is 2.08. The van der Waals surface area contributed by atoms with Crippen LogP contribution in [0.2, 0.25) is 0 Å². The summed E-state index contributed by atoms with van der Waals surface area (Å²) in [5.74, 6) is 0.574. The smallest absolute Gasteiger partial charge is 0.312 e. The van der Waals surface area contributed by atoms with Gasteiger partial charge < -0.3 is 9.47 Å². The quantitative estimate of drug-likeness (QED) is 0.692. The number of hydrogen-bond donors (Lipinski definition) is 0. The molecule has 1 aromatic carbocycles. The molecule has 0 N–H and O–H groups in total. The van der Waals surface area contributed by atoms with E-state index in [-0.39, 0.29) is 11.9 Å². The molecule has 0 amide bonds. The Labute approximate surface area is 89.0 Å². The van der Waals surface area contributed by atoms with Crippen LogP contribution >= 0.6 is 0 Å². The molecule has 0 aromatic heterocycles. The SMILES string of the molecule is CCOC(=O)[C@@H]1COc2ccccc2C1. The van der Waals surface area contributed by atoms with Crippen LogP contribution in [0.4, 0.5) is 0 Å². The first-order chi connectivity index (χ1) is 7.31. The number of rotatable bonds is 2. The van der Waals surface area contributed by atoms with Crippen molar-refractivity contribution in [1.29, 1.82) is 0 Å². The van der Waals surface area contributed by atoms with Gasteiger partial charge in [-0.25, -0.2) is 0 Å². The Hall–Kier alpha value is -1.51. The van der Waals surface area contributed by atoms with Crippen molar-refractivity contribution in [2.75, 3.05) is 13.2 Å². The largest absolute Gasteiger partial charge is 0.492 e. The fraction of sp³-hybridized carbons (Fsp3) is 0.417. The average Bonchev–Trinajstić information content (AvgIpc) is 2.29. The van der Waals surface area contributed by atoms with E-state index in [4.69, 9.17) is 9.47 Å². The molecule has 3 nitrogen and oxygen atoms in total. The molecule has 0 aliphatic carbocycles. The van der Waals surface area contributed by atoms with Crippen molar-refractivity contribution in [2.24, 2.45) is 5.92 Å². The van der Waals surface area contributed by atoms with Crippen LogP contribution in [-0.4, -0.2) is 19.2 Å². The minimum Gasteiger partial charge on any atom is -0.492 e. The van der Waals surface area contributed by atoms with Gasteiger partial charge in [-0.3, -0.25) is 4.79 Å². The summed E-state index contributed by atoms with van der Waals surface area (Å²) in [5.41, 5.74) is 1.09. The second-order valence-electron chi connectivity index (χ2n) is 3.57. The lowest BCUT2D eigenvalue weighted by Crippen LogP contribution is -2.29. The predicted octanol–water partition coefficient (Wildman–Crippen LogP) is 1.80. The first-order valence-electron chi connectivity index (χ1n) is 5.18. The highest BCUT2D eigenvalue weighted by molar-refractivity contribution is 5.73. The van der Waals surface area contributed by atoms with E-state index in [2.05, 4.69) is 0 Å². The topological polar surface area (TPSA) is 35.5 Å². The molecule has 80 valence electrons. The summed E-state index contributed by atoms with van der Waals surface area (Å²) >= 11 is 0. The van der Waals surface area contributed by atoms with Gasteiger partial charge >= 0.3 is 5.97 Å². The molecule has 1 aromatic rings. The molecule has 1 heterocycles. The van der Waals surface area contributed by atoms with Crippen LogP contribution in [0, 0.1) is 5.92 Å². The Morgan fingerprint density at radius 3 is 3.13 bits per heavy atom. The summed E-state index contributed by atoms with van der Waals surface area (Å²) in [5, 5.41) is 0. The number of carbonyl (C=O) groups is 1. The van der Waals surface area contributed by atoms with Crippen LogP contribution in [0.5, 0.6) is 5.75 Å². The molecule has 1 atom stereocenters. The summed E-state index contributed by atoms with van der Waals surface area (Å²) in [7, 11) is 0. The number of carbonyl (C=O) groups excluding carboxylic acids is 1. The second kappa shape index (κ2) is 4.34. The highest BCUT2D eigenvalue weighted by Gasteiger charge is 2.26. The zero-order chi connectivity index (χ0) is 10.7. The van der Waals surface area contributed by atoms with Gasteiger partial charge in [-0.05, 0) is 25.0 Å². The third-order valence-electron chi connectivity index (χ3n) is 2.50. The van der Waals surface area contributed by atoms with E-state index < -0.39 is 0 Å². The van der Waals surface area contributed by atoms with Crippen LogP contribution in [-0.2, 0) is 16.0 Å². The summed E-state index contributed by atoms with van der Waals surface area (Å²) < 4.78 is 10.5. The zero-order valence-electron chi connectivity index (χ0n) is 8.73. The maximum atomic E-state index is 11.5. The average molecular weight is 206 g/mol. The highest BCUT2D eigenvalue weighted by Crippen LogP contribution is 2.27. The molecule has 3 heteroatoms. The Morgan fingerprint density at radius 1 is 1.53 bits per heavy atom. The van der Waals surface area contributed by atoms with Gasteiger partial charge in [0.05, 0.1) is 12.5 Å². The molecule has 1 aliphatic rings. The lowest BCUT2D eigenvalue weighted by Gasteiger charge is -2.23. The third kappa shape index (κ3) is 2.12. The van der Waals surface area contributed by atoms with Crippen LogP contribution < -0.4 is 4.74 Å². The molecule has 2 rings (SSSR count). The van der Waals surface area contributed by atoms with Gasteiger partial charge in [0.15, 0.2) is 0 Å². The van der Waals surface area contributed by atoms with E-state index >= 15 is 0 Å². The lowest BCUT2D eigenvalue weighted by atomic mass is 9.97. The fourth-order valence-corrected chi connectivity index (χ4v) is 1.74. The summed E-state index contributed by atoms with van der Waals surface area (Å²) in [6.45, 7) is 2.67. The van der Waals surface area contributed by atoms with Crippen molar-refractivity contribution in [2.45, 2.75) is 13.3 Å². The van der Waals surface area contributed by atoms with E-state index in [9.17, 15) is 4.79 Å². The fourth-order valence-electron chi connectivity index (χ4n) is 1.74. The molecule has 0 bridgehead atoms. The van der Waals surface area contributed by atoms with Gasteiger partial charge in [-0.2, -0.15) is 0 Å². The standard InChI is InChI=1S/C12H14O3/c1-2-14-12(13)10-7-9-5-3-4-6-11(9)15-8-10/h3-6,10H,2,7-8H2,1H3/t10-/m0/s1. The van der Waals surface area contributed by atoms with Gasteiger partial charge in [-0.1, -0.05) is 18.2 Å². The summed E-state index contributed by atoms with van der Waals surface area (Å²) in [6.07, 6.45) is 0.717.